The van der Waals surface area contributed by atoms with Crippen LogP contribution in [0.2, 0.25) is 4.34 Å². The van der Waals surface area contributed by atoms with E-state index < -0.39 is 10.0 Å². The fourth-order valence-electron chi connectivity index (χ4n) is 2.79. The number of nitrogens with zero attached hydrogens (tertiary/aromatic N) is 3. The van der Waals surface area contributed by atoms with Gasteiger partial charge in [-0.3, -0.25) is 4.68 Å². The van der Waals surface area contributed by atoms with Gasteiger partial charge in [-0.05, 0) is 31.0 Å². The fraction of sp³-hybridized carbons (Fsp3) is 0.500. The zero-order valence-electron chi connectivity index (χ0n) is 12.4. The number of sulfonamides is 1. The van der Waals surface area contributed by atoms with Crippen molar-refractivity contribution in [3.8, 4) is 0 Å². The second kappa shape index (κ2) is 6.90. The zero-order chi connectivity index (χ0) is 16.4. The molecular weight excluding hydrogens is 358 g/mol. The lowest BCUT2D eigenvalue weighted by molar-refractivity contribution is 0.267. The summed E-state index contributed by atoms with van der Waals surface area (Å²) in [4.78, 5) is 0. The Bertz CT molecular complexity index is 772. The maximum absolute atomic E-state index is 12.7. The first-order valence-electron chi connectivity index (χ1n) is 7.40. The first-order chi connectivity index (χ1) is 11.0. The van der Waals surface area contributed by atoms with Gasteiger partial charge in [-0.15, -0.1) is 11.3 Å². The van der Waals surface area contributed by atoms with Crippen LogP contribution in [0.15, 0.2) is 28.6 Å². The smallest absolute Gasteiger partial charge is 0.252 e. The zero-order valence-corrected chi connectivity index (χ0v) is 14.8. The van der Waals surface area contributed by atoms with Crippen LogP contribution >= 0.6 is 22.9 Å². The van der Waals surface area contributed by atoms with E-state index in [0.29, 0.717) is 24.0 Å². The lowest BCUT2D eigenvalue weighted by Gasteiger charge is -2.30. The van der Waals surface area contributed by atoms with Crippen molar-refractivity contribution >= 4 is 33.0 Å². The molecule has 0 bridgehead atoms. The highest BCUT2D eigenvalue weighted by Crippen LogP contribution is 2.33. The summed E-state index contributed by atoms with van der Waals surface area (Å²) in [5.41, 5.74) is 0.877. The van der Waals surface area contributed by atoms with E-state index in [1.54, 1.807) is 16.8 Å². The Morgan fingerprint density at radius 2 is 2.22 bits per heavy atom. The number of rotatable bonds is 5. The predicted octanol–water partition coefficient (Wildman–Crippen LogP) is 2.16. The third-order valence-electron chi connectivity index (χ3n) is 3.94. The van der Waals surface area contributed by atoms with Crippen molar-refractivity contribution in [2.75, 3.05) is 19.7 Å². The summed E-state index contributed by atoms with van der Waals surface area (Å²) in [7, 11) is -3.49. The summed E-state index contributed by atoms with van der Waals surface area (Å²) < 4.78 is 29.4. The Morgan fingerprint density at radius 3 is 2.91 bits per heavy atom. The highest BCUT2D eigenvalue weighted by Gasteiger charge is 2.32. The molecule has 0 radical (unpaired) electrons. The molecule has 1 unspecified atom stereocenters. The number of aliphatic hydroxyl groups is 1. The quantitative estimate of drug-likeness (QED) is 0.868. The topological polar surface area (TPSA) is 75.4 Å². The van der Waals surface area contributed by atoms with Crippen LogP contribution in [0.25, 0.3) is 0 Å². The Labute approximate surface area is 144 Å². The minimum atomic E-state index is -3.49. The molecule has 2 aromatic heterocycles. The van der Waals surface area contributed by atoms with Crippen LogP contribution in [0.5, 0.6) is 0 Å². The third-order valence-corrected chi connectivity index (χ3v) is 7.50. The van der Waals surface area contributed by atoms with Crippen molar-refractivity contribution in [2.24, 2.45) is 0 Å². The van der Waals surface area contributed by atoms with Gasteiger partial charge in [-0.2, -0.15) is 9.40 Å². The van der Waals surface area contributed by atoms with E-state index in [9.17, 15) is 8.42 Å². The molecule has 0 amide bonds. The first-order valence-corrected chi connectivity index (χ1v) is 10.0. The molecular formula is C14H18ClN3O3S2. The van der Waals surface area contributed by atoms with E-state index >= 15 is 0 Å². The van der Waals surface area contributed by atoms with Crippen molar-refractivity contribution in [2.45, 2.75) is 29.5 Å². The Morgan fingerprint density at radius 1 is 1.39 bits per heavy atom. The van der Waals surface area contributed by atoms with E-state index in [1.165, 1.54) is 4.31 Å². The van der Waals surface area contributed by atoms with Gasteiger partial charge in [0, 0.05) is 25.2 Å². The monoisotopic (exact) mass is 375 g/mol. The summed E-state index contributed by atoms with van der Waals surface area (Å²) in [6, 6.07) is 5.07. The molecule has 0 aliphatic carbocycles. The molecule has 2 aromatic rings. The Kier molecular flexibility index (Phi) is 5.07. The molecule has 1 N–H and O–H groups in total. The average molecular weight is 376 g/mol. The van der Waals surface area contributed by atoms with E-state index in [-0.39, 0.29) is 16.7 Å². The normalized spacial score (nSPS) is 20.0. The van der Waals surface area contributed by atoms with Gasteiger partial charge >= 0.3 is 0 Å². The van der Waals surface area contributed by atoms with Gasteiger partial charge < -0.3 is 5.11 Å². The minimum Gasteiger partial charge on any atom is -0.394 e. The third kappa shape index (κ3) is 3.61. The Balaban J connectivity index is 1.77. The number of thiophene rings is 1. The number of aliphatic hydroxyl groups excluding tert-OH is 1. The van der Waals surface area contributed by atoms with Gasteiger partial charge in [-0.1, -0.05) is 11.6 Å². The van der Waals surface area contributed by atoms with Crippen LogP contribution in [0.3, 0.4) is 0 Å². The maximum Gasteiger partial charge on any atom is 0.252 e. The van der Waals surface area contributed by atoms with Crippen LogP contribution in [-0.4, -0.2) is 47.3 Å². The minimum absolute atomic E-state index is 0.0332. The molecule has 0 spiro atoms. The molecule has 0 saturated carbocycles. The highest BCUT2D eigenvalue weighted by molar-refractivity contribution is 7.91. The molecule has 6 nitrogen and oxygen atoms in total. The molecule has 3 rings (SSSR count). The Hall–Kier alpha value is -0.930. The molecule has 1 aliphatic rings. The van der Waals surface area contributed by atoms with Gasteiger partial charge in [0.2, 0.25) is 0 Å². The number of hydrogen-bond acceptors (Lipinski definition) is 5. The van der Waals surface area contributed by atoms with Crippen LogP contribution in [0.4, 0.5) is 0 Å². The van der Waals surface area contributed by atoms with Crippen LogP contribution in [-0.2, 0) is 16.6 Å². The number of hydrogen-bond donors (Lipinski definition) is 1. The van der Waals surface area contributed by atoms with Crippen LogP contribution < -0.4 is 0 Å². The van der Waals surface area contributed by atoms with Gasteiger partial charge in [-0.25, -0.2) is 8.42 Å². The summed E-state index contributed by atoms with van der Waals surface area (Å²) in [5, 5.41) is 13.4. The second-order valence-corrected chi connectivity index (χ2v) is 9.37. The largest absolute Gasteiger partial charge is 0.394 e. The summed E-state index contributed by atoms with van der Waals surface area (Å²) in [6.45, 7) is 1.42. The van der Waals surface area contributed by atoms with Crippen molar-refractivity contribution in [3.63, 3.8) is 0 Å². The molecule has 0 aromatic carbocycles. The fourth-order valence-corrected chi connectivity index (χ4v) is 5.95. The lowest BCUT2D eigenvalue weighted by Crippen LogP contribution is -2.38. The summed E-state index contributed by atoms with van der Waals surface area (Å²) in [6.07, 6.45) is 3.53. The predicted molar refractivity (Wildman–Crippen MR) is 89.4 cm³/mol. The van der Waals surface area contributed by atoms with Crippen molar-refractivity contribution in [1.29, 1.82) is 0 Å². The van der Waals surface area contributed by atoms with Crippen molar-refractivity contribution in [3.05, 3.63) is 34.4 Å². The van der Waals surface area contributed by atoms with E-state index in [1.807, 2.05) is 12.3 Å². The number of piperidine rings is 1. The van der Waals surface area contributed by atoms with E-state index in [2.05, 4.69) is 5.10 Å². The molecule has 1 aliphatic heterocycles. The molecule has 126 valence electrons. The van der Waals surface area contributed by atoms with Gasteiger partial charge in [0.05, 0.1) is 23.2 Å². The summed E-state index contributed by atoms with van der Waals surface area (Å²) >= 11 is 6.95. The van der Waals surface area contributed by atoms with Crippen LogP contribution in [0.1, 0.15) is 24.5 Å². The average Bonchev–Trinajstić information content (AvgIpc) is 3.17. The molecule has 1 fully saturated rings. The molecule has 23 heavy (non-hydrogen) atoms. The standard InChI is InChI=1S/C14H18ClN3O3S2/c15-13-3-4-14(22-13)23(20,21)18-6-1-2-11(10-18)12-5-7-17(16-12)8-9-19/h3-5,7,11,19H,1-2,6,8-10H2. The van der Waals surface area contributed by atoms with E-state index in [0.717, 1.165) is 29.9 Å². The van der Waals surface area contributed by atoms with E-state index in [4.69, 9.17) is 16.7 Å². The van der Waals surface area contributed by atoms with Crippen molar-refractivity contribution < 1.29 is 13.5 Å². The molecule has 1 atom stereocenters. The van der Waals surface area contributed by atoms with Gasteiger partial charge in [0.15, 0.2) is 0 Å². The van der Waals surface area contributed by atoms with Gasteiger partial charge in [0.1, 0.15) is 4.21 Å². The molecule has 9 heteroatoms. The number of aromatic nitrogens is 2. The highest BCUT2D eigenvalue weighted by atomic mass is 35.5. The number of halogens is 1. The SMILES string of the molecule is O=S(=O)(c1ccc(Cl)s1)N1CCCC(c2ccn(CCO)n2)C1. The molecule has 3 heterocycles. The van der Waals surface area contributed by atoms with Crippen LogP contribution in [0, 0.1) is 0 Å². The summed E-state index contributed by atoms with van der Waals surface area (Å²) in [5.74, 6) is 0.0777. The van der Waals surface area contributed by atoms with Crippen molar-refractivity contribution in [1.82, 2.24) is 14.1 Å². The molecule has 1 saturated heterocycles. The first kappa shape index (κ1) is 16.9. The second-order valence-electron chi connectivity index (χ2n) is 5.49. The maximum atomic E-state index is 12.7. The lowest BCUT2D eigenvalue weighted by atomic mass is 9.96. The van der Waals surface area contributed by atoms with Gasteiger partial charge in [0.25, 0.3) is 10.0 Å².